The van der Waals surface area contributed by atoms with E-state index in [4.69, 9.17) is 16.0 Å². The van der Waals surface area contributed by atoms with E-state index in [1.165, 1.54) is 0 Å². The van der Waals surface area contributed by atoms with Gasteiger partial charge in [0.2, 0.25) is 0 Å². The topological polar surface area (TPSA) is 88.5 Å². The summed E-state index contributed by atoms with van der Waals surface area (Å²) in [4.78, 5) is 13.3. The Morgan fingerprint density at radius 1 is 0.962 bits per heavy atom. The third-order valence-electron chi connectivity index (χ3n) is 4.27. The van der Waals surface area contributed by atoms with Gasteiger partial charge in [-0.15, -0.1) is 0 Å². The minimum atomic E-state index is 0.426. The number of fused-ring (bicyclic) bond motifs is 1. The molecular weight excluding hydrogens is 322 g/mol. The summed E-state index contributed by atoms with van der Waals surface area (Å²) in [6.45, 7) is 2.00. The van der Waals surface area contributed by atoms with Crippen LogP contribution in [-0.4, -0.2) is 15.0 Å². The van der Waals surface area contributed by atoms with Crippen LogP contribution in [0.1, 0.15) is 11.1 Å². The van der Waals surface area contributed by atoms with Gasteiger partial charge in [-0.05, 0) is 60.0 Å². The average Bonchev–Trinajstić information content (AvgIpc) is 2.69. The van der Waals surface area contributed by atoms with Crippen LogP contribution in [0.15, 0.2) is 60.9 Å². The highest BCUT2D eigenvalue weighted by molar-refractivity contribution is 5.95. The minimum Gasteiger partial charge on any atom is -0.383 e. The first kappa shape index (κ1) is 15.7. The summed E-state index contributed by atoms with van der Waals surface area (Å²) >= 11 is 0. The number of benzene rings is 2. The lowest BCUT2D eigenvalue weighted by Gasteiger charge is -2.11. The molecule has 5 heteroatoms. The lowest BCUT2D eigenvalue weighted by Crippen LogP contribution is -2.00. The van der Waals surface area contributed by atoms with Gasteiger partial charge in [0.25, 0.3) is 0 Å². The molecule has 0 atom stereocenters. The summed E-state index contributed by atoms with van der Waals surface area (Å²) < 4.78 is 0. The molecule has 4 aromatic rings. The van der Waals surface area contributed by atoms with Crippen molar-refractivity contribution in [1.29, 1.82) is 5.26 Å². The van der Waals surface area contributed by atoms with Gasteiger partial charge in [0.15, 0.2) is 5.82 Å². The Labute approximate surface area is 150 Å². The van der Waals surface area contributed by atoms with Crippen molar-refractivity contribution in [2.45, 2.75) is 6.92 Å². The largest absolute Gasteiger partial charge is 0.383 e. The summed E-state index contributed by atoms with van der Waals surface area (Å²) in [6, 6.07) is 17.4. The highest BCUT2D eigenvalue weighted by Crippen LogP contribution is 2.31. The zero-order valence-electron chi connectivity index (χ0n) is 14.1. The summed E-state index contributed by atoms with van der Waals surface area (Å²) in [5.74, 6) is 0.987. The molecule has 4 rings (SSSR count). The highest BCUT2D eigenvalue weighted by Gasteiger charge is 2.12. The van der Waals surface area contributed by atoms with Crippen LogP contribution in [0.3, 0.4) is 0 Å². The first-order chi connectivity index (χ1) is 12.7. The van der Waals surface area contributed by atoms with E-state index >= 15 is 0 Å². The minimum absolute atomic E-state index is 0.426. The zero-order valence-corrected chi connectivity index (χ0v) is 14.1. The predicted octanol–water partition coefficient (Wildman–Crippen LogP) is 4.12. The smallest absolute Gasteiger partial charge is 0.163 e. The fourth-order valence-corrected chi connectivity index (χ4v) is 2.99. The maximum absolute atomic E-state index is 9.12. The molecule has 0 spiro atoms. The molecule has 5 nitrogen and oxygen atoms in total. The van der Waals surface area contributed by atoms with Crippen LogP contribution < -0.4 is 5.73 Å². The maximum Gasteiger partial charge on any atom is 0.163 e. The summed E-state index contributed by atoms with van der Waals surface area (Å²) in [5.41, 5.74) is 11.5. The van der Waals surface area contributed by atoms with E-state index in [-0.39, 0.29) is 0 Å². The molecule has 0 saturated heterocycles. The van der Waals surface area contributed by atoms with E-state index in [1.807, 2.05) is 43.3 Å². The van der Waals surface area contributed by atoms with Gasteiger partial charge in [0, 0.05) is 23.3 Å². The number of hydrogen-bond acceptors (Lipinski definition) is 5. The molecule has 0 amide bonds. The van der Waals surface area contributed by atoms with Gasteiger partial charge >= 0.3 is 0 Å². The van der Waals surface area contributed by atoms with Crippen LogP contribution in [-0.2, 0) is 0 Å². The van der Waals surface area contributed by atoms with E-state index in [1.54, 1.807) is 18.5 Å². The lowest BCUT2D eigenvalue weighted by molar-refractivity contribution is 1.20. The molecule has 2 N–H and O–H groups in total. The number of nitrogens with zero attached hydrogens (tertiary/aromatic N) is 4. The van der Waals surface area contributed by atoms with E-state index < -0.39 is 0 Å². The van der Waals surface area contributed by atoms with Crippen LogP contribution in [0.4, 0.5) is 5.82 Å². The number of anilines is 1. The Morgan fingerprint density at radius 3 is 2.58 bits per heavy atom. The van der Waals surface area contributed by atoms with Crippen molar-refractivity contribution in [1.82, 2.24) is 15.0 Å². The second-order valence-corrected chi connectivity index (χ2v) is 6.06. The first-order valence-corrected chi connectivity index (χ1v) is 8.14. The van der Waals surface area contributed by atoms with Crippen LogP contribution in [0.2, 0.25) is 0 Å². The van der Waals surface area contributed by atoms with Gasteiger partial charge in [-0.25, -0.2) is 9.97 Å². The SMILES string of the molecule is Cc1cc(-c2cccc(C#N)c2)cc2c(N)nc(-c3cccnc3)nc12. The number of nitrogen functional groups attached to an aromatic ring is 1. The van der Waals surface area contributed by atoms with Crippen molar-refractivity contribution in [2.75, 3.05) is 5.73 Å². The van der Waals surface area contributed by atoms with E-state index in [2.05, 4.69) is 22.1 Å². The van der Waals surface area contributed by atoms with Crippen molar-refractivity contribution in [3.63, 3.8) is 0 Å². The molecule has 2 aromatic carbocycles. The molecule has 0 fully saturated rings. The molecule has 0 unspecified atom stereocenters. The summed E-state index contributed by atoms with van der Waals surface area (Å²) in [6.07, 6.45) is 3.43. The average molecular weight is 337 g/mol. The molecule has 0 aliphatic carbocycles. The molecule has 2 heterocycles. The number of pyridine rings is 1. The Hall–Kier alpha value is -3.78. The van der Waals surface area contributed by atoms with Gasteiger partial charge < -0.3 is 5.73 Å². The molecule has 0 aliphatic heterocycles. The van der Waals surface area contributed by atoms with Crippen molar-refractivity contribution in [2.24, 2.45) is 0 Å². The Bertz CT molecular complexity index is 1160. The molecule has 0 radical (unpaired) electrons. The highest BCUT2D eigenvalue weighted by atomic mass is 14.9. The predicted molar refractivity (Wildman–Crippen MR) is 102 cm³/mol. The van der Waals surface area contributed by atoms with Gasteiger partial charge in [-0.3, -0.25) is 4.98 Å². The third kappa shape index (κ3) is 2.74. The maximum atomic E-state index is 9.12. The molecule has 0 aliphatic rings. The summed E-state index contributed by atoms with van der Waals surface area (Å²) in [5, 5.41) is 9.92. The zero-order chi connectivity index (χ0) is 18.1. The second-order valence-electron chi connectivity index (χ2n) is 6.06. The van der Waals surface area contributed by atoms with Crippen molar-refractivity contribution >= 4 is 16.7 Å². The van der Waals surface area contributed by atoms with Crippen molar-refractivity contribution in [3.05, 3.63) is 72.1 Å². The van der Waals surface area contributed by atoms with Gasteiger partial charge in [-0.2, -0.15) is 5.26 Å². The van der Waals surface area contributed by atoms with Gasteiger partial charge in [0.1, 0.15) is 5.82 Å². The molecular formula is C21H15N5. The van der Waals surface area contributed by atoms with Crippen molar-refractivity contribution in [3.8, 4) is 28.6 Å². The summed E-state index contributed by atoms with van der Waals surface area (Å²) in [7, 11) is 0. The Morgan fingerprint density at radius 2 is 1.81 bits per heavy atom. The fourth-order valence-electron chi connectivity index (χ4n) is 2.99. The van der Waals surface area contributed by atoms with E-state index in [0.29, 0.717) is 17.2 Å². The van der Waals surface area contributed by atoms with Crippen LogP contribution in [0.25, 0.3) is 33.4 Å². The number of rotatable bonds is 2. The van der Waals surface area contributed by atoms with E-state index in [9.17, 15) is 0 Å². The monoisotopic (exact) mass is 337 g/mol. The molecule has 0 saturated carbocycles. The normalized spacial score (nSPS) is 10.6. The Balaban J connectivity index is 1.91. The number of aryl methyl sites for hydroxylation is 1. The second kappa shape index (κ2) is 6.26. The van der Waals surface area contributed by atoms with Gasteiger partial charge in [-0.1, -0.05) is 12.1 Å². The van der Waals surface area contributed by atoms with Crippen LogP contribution in [0.5, 0.6) is 0 Å². The van der Waals surface area contributed by atoms with E-state index in [0.717, 1.165) is 33.2 Å². The van der Waals surface area contributed by atoms with Crippen molar-refractivity contribution < 1.29 is 0 Å². The lowest BCUT2D eigenvalue weighted by atomic mass is 9.99. The van der Waals surface area contributed by atoms with Gasteiger partial charge in [0.05, 0.1) is 17.1 Å². The molecule has 124 valence electrons. The standard InChI is InChI=1S/C21H15N5/c1-13-8-17(15-5-2-4-14(9-15)11-22)10-18-19(13)25-21(26-20(18)23)16-6-3-7-24-12-16/h2-10,12H,1H3,(H2,23,25,26). The molecule has 26 heavy (non-hydrogen) atoms. The molecule has 0 bridgehead atoms. The fraction of sp³-hybridized carbons (Fsp3) is 0.0476. The number of nitriles is 1. The van der Waals surface area contributed by atoms with Crippen LogP contribution in [0, 0.1) is 18.3 Å². The third-order valence-corrected chi connectivity index (χ3v) is 4.27. The van der Waals surface area contributed by atoms with Crippen LogP contribution >= 0.6 is 0 Å². The first-order valence-electron chi connectivity index (χ1n) is 8.14. The number of hydrogen-bond donors (Lipinski definition) is 1. The number of nitrogens with two attached hydrogens (primary N) is 1. The number of aromatic nitrogens is 3. The quantitative estimate of drug-likeness (QED) is 0.594. The molecule has 2 aromatic heterocycles. The Kier molecular flexibility index (Phi) is 3.79.